The van der Waals surface area contributed by atoms with Crippen LogP contribution >= 0.6 is 0 Å². The van der Waals surface area contributed by atoms with Crippen LogP contribution < -0.4 is 5.32 Å². The molecule has 1 N–H and O–H groups in total. The number of piperazine rings is 1. The zero-order valence-electron chi connectivity index (χ0n) is 9.83. The first-order valence-electron chi connectivity index (χ1n) is 5.73. The molecule has 2 heterocycles. The molecule has 1 aromatic heterocycles. The highest BCUT2D eigenvalue weighted by molar-refractivity contribution is 7.89. The molecule has 1 aliphatic rings. The molecule has 2 rings (SSSR count). The van der Waals surface area contributed by atoms with E-state index >= 15 is 0 Å². The number of pyridine rings is 1. The van der Waals surface area contributed by atoms with Crippen LogP contribution in [0, 0.1) is 0 Å². The van der Waals surface area contributed by atoms with Gasteiger partial charge in [-0.05, 0) is 19.1 Å². The maximum atomic E-state index is 12.3. The third-order valence-electron chi connectivity index (χ3n) is 2.99. The first kappa shape index (κ1) is 12.5. The van der Waals surface area contributed by atoms with Crippen LogP contribution in [-0.2, 0) is 10.0 Å². The molecule has 0 radical (unpaired) electrons. The monoisotopic (exact) mass is 255 g/mol. The van der Waals surface area contributed by atoms with Gasteiger partial charge in [0.05, 0.1) is 5.69 Å². The fourth-order valence-corrected chi connectivity index (χ4v) is 3.47. The van der Waals surface area contributed by atoms with Gasteiger partial charge in [-0.15, -0.1) is 0 Å². The lowest BCUT2D eigenvalue weighted by Crippen LogP contribution is -2.47. The summed E-state index contributed by atoms with van der Waals surface area (Å²) in [5.41, 5.74) is 0.603. The van der Waals surface area contributed by atoms with Crippen molar-refractivity contribution in [1.82, 2.24) is 14.6 Å². The number of sulfonamides is 1. The van der Waals surface area contributed by atoms with Crippen LogP contribution in [0.4, 0.5) is 0 Å². The lowest BCUT2D eigenvalue weighted by atomic mass is 10.3. The smallest absolute Gasteiger partial charge is 0.222 e. The second kappa shape index (κ2) is 5.12. The summed E-state index contributed by atoms with van der Waals surface area (Å²) < 4.78 is 26.2. The molecule has 6 heteroatoms. The highest BCUT2D eigenvalue weighted by atomic mass is 32.2. The maximum Gasteiger partial charge on any atom is 0.222 e. The summed E-state index contributed by atoms with van der Waals surface area (Å²) >= 11 is 0. The maximum absolute atomic E-state index is 12.3. The molecule has 0 spiro atoms. The van der Waals surface area contributed by atoms with Crippen molar-refractivity contribution in [2.24, 2.45) is 0 Å². The van der Waals surface area contributed by atoms with Crippen molar-refractivity contribution >= 4 is 10.0 Å². The van der Waals surface area contributed by atoms with E-state index in [1.807, 2.05) is 6.07 Å². The summed E-state index contributed by atoms with van der Waals surface area (Å²) in [6.07, 6.45) is 1.62. The van der Waals surface area contributed by atoms with E-state index in [9.17, 15) is 8.42 Å². The van der Waals surface area contributed by atoms with Gasteiger partial charge in [0.15, 0.2) is 0 Å². The van der Waals surface area contributed by atoms with Gasteiger partial charge in [0.1, 0.15) is 5.25 Å². The zero-order valence-corrected chi connectivity index (χ0v) is 10.7. The molecule has 0 saturated carbocycles. The zero-order chi connectivity index (χ0) is 12.3. The summed E-state index contributed by atoms with van der Waals surface area (Å²) in [5.74, 6) is 0. The SMILES string of the molecule is C[C@H](c1ccccn1)S(=O)(=O)N1CCNCC1. The molecule has 94 valence electrons. The van der Waals surface area contributed by atoms with Crippen LogP contribution in [-0.4, -0.2) is 43.9 Å². The summed E-state index contributed by atoms with van der Waals surface area (Å²) in [5, 5.41) is 2.56. The number of aromatic nitrogens is 1. The van der Waals surface area contributed by atoms with E-state index in [0.717, 1.165) is 0 Å². The van der Waals surface area contributed by atoms with Gasteiger partial charge >= 0.3 is 0 Å². The predicted octanol–water partition coefficient (Wildman–Crippen LogP) is 0.378. The van der Waals surface area contributed by atoms with Gasteiger partial charge in [0.2, 0.25) is 10.0 Å². The van der Waals surface area contributed by atoms with E-state index in [4.69, 9.17) is 0 Å². The van der Waals surface area contributed by atoms with Crippen LogP contribution in [0.1, 0.15) is 17.9 Å². The van der Waals surface area contributed by atoms with Crippen LogP contribution in [0.15, 0.2) is 24.4 Å². The topological polar surface area (TPSA) is 62.3 Å². The van der Waals surface area contributed by atoms with E-state index in [1.165, 1.54) is 0 Å². The Kier molecular flexibility index (Phi) is 3.76. The quantitative estimate of drug-likeness (QED) is 0.848. The molecule has 1 aromatic rings. The number of hydrogen-bond acceptors (Lipinski definition) is 4. The fourth-order valence-electron chi connectivity index (χ4n) is 1.89. The molecule has 1 fully saturated rings. The second-order valence-electron chi connectivity index (χ2n) is 4.09. The predicted molar refractivity (Wildman–Crippen MR) is 66.0 cm³/mol. The first-order chi connectivity index (χ1) is 8.12. The lowest BCUT2D eigenvalue weighted by Gasteiger charge is -2.29. The van der Waals surface area contributed by atoms with Gasteiger partial charge in [0.25, 0.3) is 0 Å². The Morgan fingerprint density at radius 3 is 2.65 bits per heavy atom. The van der Waals surface area contributed by atoms with Crippen molar-refractivity contribution in [3.8, 4) is 0 Å². The largest absolute Gasteiger partial charge is 0.314 e. The highest BCUT2D eigenvalue weighted by Gasteiger charge is 2.31. The number of nitrogens with one attached hydrogen (secondary N) is 1. The molecule has 0 unspecified atom stereocenters. The number of hydrogen-bond donors (Lipinski definition) is 1. The van der Waals surface area contributed by atoms with E-state index < -0.39 is 15.3 Å². The summed E-state index contributed by atoms with van der Waals surface area (Å²) in [6.45, 7) is 4.21. The Bertz CT molecular complexity index is 455. The summed E-state index contributed by atoms with van der Waals surface area (Å²) in [7, 11) is -3.28. The molecule has 0 aliphatic carbocycles. The molecule has 1 saturated heterocycles. The molecule has 17 heavy (non-hydrogen) atoms. The lowest BCUT2D eigenvalue weighted by molar-refractivity contribution is 0.356. The van der Waals surface area contributed by atoms with E-state index in [2.05, 4.69) is 10.3 Å². The van der Waals surface area contributed by atoms with Gasteiger partial charge in [0, 0.05) is 32.4 Å². The van der Waals surface area contributed by atoms with Crippen molar-refractivity contribution in [3.63, 3.8) is 0 Å². The summed E-state index contributed by atoms with van der Waals surface area (Å²) in [6, 6.07) is 5.35. The van der Waals surface area contributed by atoms with E-state index in [0.29, 0.717) is 31.9 Å². The average molecular weight is 255 g/mol. The molecule has 0 aromatic carbocycles. The minimum atomic E-state index is -3.28. The van der Waals surface area contributed by atoms with Crippen molar-refractivity contribution < 1.29 is 8.42 Å². The van der Waals surface area contributed by atoms with Crippen LogP contribution in [0.2, 0.25) is 0 Å². The van der Waals surface area contributed by atoms with Crippen LogP contribution in [0.5, 0.6) is 0 Å². The third kappa shape index (κ3) is 2.65. The van der Waals surface area contributed by atoms with E-state index in [1.54, 1.807) is 29.6 Å². The summed E-state index contributed by atoms with van der Waals surface area (Å²) in [4.78, 5) is 4.12. The highest BCUT2D eigenvalue weighted by Crippen LogP contribution is 2.23. The normalized spacial score (nSPS) is 20.1. The van der Waals surface area contributed by atoms with Gasteiger partial charge in [-0.3, -0.25) is 4.98 Å². The molecule has 0 bridgehead atoms. The van der Waals surface area contributed by atoms with Crippen molar-refractivity contribution in [2.75, 3.05) is 26.2 Å². The molecule has 1 atom stereocenters. The second-order valence-corrected chi connectivity index (χ2v) is 6.34. The van der Waals surface area contributed by atoms with Crippen molar-refractivity contribution in [3.05, 3.63) is 30.1 Å². The Labute approximate surface area is 102 Å². The van der Waals surface area contributed by atoms with Gasteiger partial charge in [-0.2, -0.15) is 4.31 Å². The molecule has 0 amide bonds. The first-order valence-corrected chi connectivity index (χ1v) is 7.23. The Balaban J connectivity index is 2.20. The van der Waals surface area contributed by atoms with E-state index in [-0.39, 0.29) is 0 Å². The minimum absolute atomic E-state index is 0.541. The number of rotatable bonds is 3. The van der Waals surface area contributed by atoms with Crippen molar-refractivity contribution in [1.29, 1.82) is 0 Å². The standard InChI is InChI=1S/C11H17N3O2S/c1-10(11-4-2-3-5-13-11)17(15,16)14-8-6-12-7-9-14/h2-5,10,12H,6-9H2,1H3/t10-/m1/s1. The van der Waals surface area contributed by atoms with Gasteiger partial charge < -0.3 is 5.32 Å². The Hall–Kier alpha value is -0.980. The van der Waals surface area contributed by atoms with Crippen LogP contribution in [0.25, 0.3) is 0 Å². The molecular formula is C11H17N3O2S. The number of nitrogens with zero attached hydrogens (tertiary/aromatic N) is 2. The molecule has 1 aliphatic heterocycles. The molecular weight excluding hydrogens is 238 g/mol. The van der Waals surface area contributed by atoms with Gasteiger partial charge in [-0.25, -0.2) is 8.42 Å². The van der Waals surface area contributed by atoms with Gasteiger partial charge in [-0.1, -0.05) is 6.07 Å². The Morgan fingerprint density at radius 1 is 1.35 bits per heavy atom. The van der Waals surface area contributed by atoms with Crippen molar-refractivity contribution in [2.45, 2.75) is 12.2 Å². The fraction of sp³-hybridized carbons (Fsp3) is 0.545. The minimum Gasteiger partial charge on any atom is -0.314 e. The van der Waals surface area contributed by atoms with Crippen LogP contribution in [0.3, 0.4) is 0 Å². The third-order valence-corrected chi connectivity index (χ3v) is 5.21. The Morgan fingerprint density at radius 2 is 2.06 bits per heavy atom. The molecule has 5 nitrogen and oxygen atoms in total. The average Bonchev–Trinajstić information content (AvgIpc) is 2.40.